The number of rotatable bonds is 12. The molecule has 2 amide bonds. The van der Waals surface area contributed by atoms with Crippen LogP contribution >= 0.6 is 35.0 Å². The van der Waals surface area contributed by atoms with Crippen molar-refractivity contribution in [2.24, 2.45) is 0 Å². The van der Waals surface area contributed by atoms with Gasteiger partial charge < -0.3 is 15.4 Å². The van der Waals surface area contributed by atoms with Gasteiger partial charge in [-0.3, -0.25) is 14.6 Å². The fraction of sp³-hybridized carbons (Fsp3) is 0.333. The number of ether oxygens (including phenoxy) is 1. The molecule has 35 heavy (non-hydrogen) atoms. The summed E-state index contributed by atoms with van der Waals surface area (Å²) in [6.45, 7) is 0.280. The third-order valence-electron chi connectivity index (χ3n) is 5.09. The number of aromatic nitrogens is 3. The maximum Gasteiger partial charge on any atom is 0.242 e. The molecule has 3 rings (SSSR count). The van der Waals surface area contributed by atoms with Gasteiger partial charge in [0.2, 0.25) is 17.7 Å². The topological polar surface area (TPSA) is 98.1 Å². The first kappa shape index (κ1) is 26.8. The van der Waals surface area contributed by atoms with E-state index in [4.69, 9.17) is 27.9 Å². The van der Waals surface area contributed by atoms with Crippen LogP contribution in [0.2, 0.25) is 10.0 Å². The molecule has 0 aliphatic carbocycles. The van der Waals surface area contributed by atoms with Gasteiger partial charge in [0.1, 0.15) is 6.04 Å². The summed E-state index contributed by atoms with van der Waals surface area (Å²) in [5.74, 6) is 0.875. The van der Waals surface area contributed by atoms with Gasteiger partial charge in [-0.1, -0.05) is 23.2 Å². The maximum absolute atomic E-state index is 12.4. The van der Waals surface area contributed by atoms with Crippen molar-refractivity contribution in [2.45, 2.75) is 25.3 Å². The van der Waals surface area contributed by atoms with Crippen molar-refractivity contribution < 1.29 is 14.3 Å². The van der Waals surface area contributed by atoms with E-state index in [-0.39, 0.29) is 24.8 Å². The lowest BCUT2D eigenvalue weighted by Crippen LogP contribution is -2.46. The number of nitrogens with zero attached hydrogens (tertiary/aromatic N) is 3. The lowest BCUT2D eigenvalue weighted by molar-refractivity contribution is -0.128. The molecule has 0 bridgehead atoms. The number of carbonyl (C=O) groups is 2. The highest BCUT2D eigenvalue weighted by Gasteiger charge is 2.19. The van der Waals surface area contributed by atoms with Gasteiger partial charge in [0.25, 0.3) is 0 Å². The first-order chi connectivity index (χ1) is 16.9. The van der Waals surface area contributed by atoms with E-state index in [2.05, 4.69) is 20.7 Å². The molecule has 8 nitrogen and oxygen atoms in total. The largest absolute Gasteiger partial charge is 0.478 e. The van der Waals surface area contributed by atoms with Gasteiger partial charge in [-0.2, -0.15) is 16.9 Å². The first-order valence-electron chi connectivity index (χ1n) is 11.0. The molecule has 3 aromatic rings. The summed E-state index contributed by atoms with van der Waals surface area (Å²) < 4.78 is 7.63. The van der Waals surface area contributed by atoms with Gasteiger partial charge in [0.15, 0.2) is 0 Å². The van der Waals surface area contributed by atoms with Crippen molar-refractivity contribution in [3.8, 4) is 22.8 Å². The number of amides is 2. The number of pyridine rings is 1. The first-order valence-corrected chi connectivity index (χ1v) is 13.2. The van der Waals surface area contributed by atoms with Crippen molar-refractivity contribution in [1.82, 2.24) is 25.4 Å². The van der Waals surface area contributed by atoms with Gasteiger partial charge in [-0.05, 0) is 55.2 Å². The van der Waals surface area contributed by atoms with Crippen LogP contribution in [0.15, 0.2) is 48.8 Å². The fourth-order valence-electron chi connectivity index (χ4n) is 3.28. The quantitative estimate of drug-likeness (QED) is 0.334. The van der Waals surface area contributed by atoms with Gasteiger partial charge in [0, 0.05) is 37.5 Å². The average Bonchev–Trinajstić information content (AvgIpc) is 3.30. The van der Waals surface area contributed by atoms with Crippen molar-refractivity contribution in [1.29, 1.82) is 0 Å². The SMILES string of the molecule is CNC(=O)[C@H](CCSC)NC(=O)CCCOc1cc(-c2cccnc2)nn1-c1ccc(Cl)c(Cl)c1. The minimum atomic E-state index is -0.543. The summed E-state index contributed by atoms with van der Waals surface area (Å²) in [5, 5.41) is 10.9. The predicted molar refractivity (Wildman–Crippen MR) is 141 cm³/mol. The molecule has 186 valence electrons. The Bertz CT molecular complexity index is 1140. The highest BCUT2D eigenvalue weighted by Crippen LogP contribution is 2.29. The highest BCUT2D eigenvalue weighted by molar-refractivity contribution is 7.98. The highest BCUT2D eigenvalue weighted by atomic mass is 35.5. The molecule has 1 aromatic carbocycles. The molecule has 11 heteroatoms. The number of hydrogen-bond acceptors (Lipinski definition) is 6. The molecular weight excluding hydrogens is 509 g/mol. The van der Waals surface area contributed by atoms with E-state index in [0.29, 0.717) is 40.1 Å². The average molecular weight is 536 g/mol. The number of hydrogen-bond donors (Lipinski definition) is 2. The van der Waals surface area contributed by atoms with E-state index >= 15 is 0 Å². The van der Waals surface area contributed by atoms with Gasteiger partial charge in [0.05, 0.1) is 28.0 Å². The number of carbonyl (C=O) groups excluding carboxylic acids is 2. The Balaban J connectivity index is 1.66. The summed E-state index contributed by atoms with van der Waals surface area (Å²) in [6, 6.07) is 10.2. The monoisotopic (exact) mass is 535 g/mol. The molecule has 1 atom stereocenters. The van der Waals surface area contributed by atoms with Crippen molar-refractivity contribution in [2.75, 3.05) is 25.7 Å². The summed E-state index contributed by atoms with van der Waals surface area (Å²) >= 11 is 13.9. The molecular formula is C24H27Cl2N5O3S. The number of nitrogens with one attached hydrogen (secondary N) is 2. The summed E-state index contributed by atoms with van der Waals surface area (Å²) in [4.78, 5) is 28.6. The molecule has 0 aliphatic heterocycles. The molecule has 0 unspecified atom stereocenters. The van der Waals surface area contributed by atoms with Crippen molar-refractivity contribution in [3.05, 3.63) is 58.8 Å². The van der Waals surface area contributed by atoms with Crippen molar-refractivity contribution in [3.63, 3.8) is 0 Å². The third-order valence-corrected chi connectivity index (χ3v) is 6.47. The minimum Gasteiger partial charge on any atom is -0.478 e. The van der Waals surface area contributed by atoms with Crippen LogP contribution in [0, 0.1) is 0 Å². The van der Waals surface area contributed by atoms with Crippen LogP contribution in [0.25, 0.3) is 16.9 Å². The fourth-order valence-corrected chi connectivity index (χ4v) is 4.04. The summed E-state index contributed by atoms with van der Waals surface area (Å²) in [5.41, 5.74) is 2.20. The molecule has 0 aliphatic rings. The van der Waals surface area contributed by atoms with Gasteiger partial charge in [-0.15, -0.1) is 0 Å². The van der Waals surface area contributed by atoms with E-state index in [0.717, 1.165) is 11.3 Å². The number of thioether (sulfide) groups is 1. The lowest BCUT2D eigenvalue weighted by Gasteiger charge is -2.17. The smallest absolute Gasteiger partial charge is 0.242 e. The Morgan fingerprint density at radius 1 is 1.20 bits per heavy atom. The molecule has 0 fully saturated rings. The van der Waals surface area contributed by atoms with E-state index in [9.17, 15) is 9.59 Å². The normalized spacial score (nSPS) is 11.7. The second-order valence-electron chi connectivity index (χ2n) is 7.59. The van der Waals surface area contributed by atoms with Crippen LogP contribution in [0.1, 0.15) is 19.3 Å². The number of halogens is 2. The predicted octanol–water partition coefficient (Wildman–Crippen LogP) is 4.38. The molecule has 0 spiro atoms. The van der Waals surface area contributed by atoms with E-state index in [1.165, 1.54) is 0 Å². The molecule has 0 saturated heterocycles. The third kappa shape index (κ3) is 7.62. The summed E-state index contributed by atoms with van der Waals surface area (Å²) in [7, 11) is 1.56. The van der Waals surface area contributed by atoms with Gasteiger partial charge >= 0.3 is 0 Å². The molecule has 2 N–H and O–H groups in total. The Hall–Kier alpha value is -2.75. The Kier molecular flexibility index (Phi) is 10.3. The van der Waals surface area contributed by atoms with Gasteiger partial charge in [-0.25, -0.2) is 4.68 Å². The zero-order valence-electron chi connectivity index (χ0n) is 19.5. The second kappa shape index (κ2) is 13.4. The summed E-state index contributed by atoms with van der Waals surface area (Å²) in [6.07, 6.45) is 6.63. The van der Waals surface area contributed by atoms with E-state index < -0.39 is 6.04 Å². The van der Waals surface area contributed by atoms with E-state index in [1.54, 1.807) is 54.1 Å². The second-order valence-corrected chi connectivity index (χ2v) is 9.39. The molecule has 0 saturated carbocycles. The standard InChI is InChI=1S/C24H27Cl2N5O3S/c1-27-24(33)20(9-12-35-2)29-22(32)6-4-11-34-23-14-21(16-5-3-10-28-15-16)30-31(23)17-7-8-18(25)19(26)13-17/h3,5,7-8,10,13-15,20H,4,6,9,11-12H2,1-2H3,(H,27,33)(H,29,32)/t20-/m0/s1. The van der Waals surface area contributed by atoms with Crippen LogP contribution in [0.5, 0.6) is 5.88 Å². The Morgan fingerprint density at radius 3 is 2.71 bits per heavy atom. The van der Waals surface area contributed by atoms with Crippen LogP contribution in [0.3, 0.4) is 0 Å². The van der Waals surface area contributed by atoms with Crippen LogP contribution in [-0.2, 0) is 9.59 Å². The van der Waals surface area contributed by atoms with Crippen LogP contribution in [0.4, 0.5) is 0 Å². The van der Waals surface area contributed by atoms with Crippen LogP contribution < -0.4 is 15.4 Å². The maximum atomic E-state index is 12.4. The lowest BCUT2D eigenvalue weighted by atomic mass is 10.2. The van der Waals surface area contributed by atoms with Crippen LogP contribution in [-0.4, -0.2) is 58.3 Å². The van der Waals surface area contributed by atoms with E-state index in [1.807, 2.05) is 24.5 Å². The Labute approximate surface area is 218 Å². The zero-order valence-corrected chi connectivity index (χ0v) is 21.8. The molecule has 0 radical (unpaired) electrons. The zero-order chi connectivity index (χ0) is 25.2. The minimum absolute atomic E-state index is 0.197. The molecule has 2 aromatic heterocycles. The number of likely N-dealkylation sites (N-methyl/N-ethyl adjacent to an activating group) is 1. The molecule has 2 heterocycles. The number of benzene rings is 1. The Morgan fingerprint density at radius 2 is 2.03 bits per heavy atom. The van der Waals surface area contributed by atoms with Crippen molar-refractivity contribution >= 4 is 46.8 Å².